The van der Waals surface area contributed by atoms with Crippen LogP contribution in [-0.2, 0) is 41.5 Å². The molecule has 234 valence electrons. The number of rotatable bonds is 12. The van der Waals surface area contributed by atoms with Crippen LogP contribution in [0.1, 0.15) is 43.5 Å². The Morgan fingerprint density at radius 2 is 1.42 bits per heavy atom. The van der Waals surface area contributed by atoms with E-state index in [2.05, 4.69) is 5.32 Å². The molecule has 13 heteroatoms. The summed E-state index contributed by atoms with van der Waals surface area (Å²) in [4.78, 5) is 52.6. The van der Waals surface area contributed by atoms with Crippen LogP contribution in [0.5, 0.6) is 23.0 Å². The van der Waals surface area contributed by atoms with E-state index < -0.39 is 36.1 Å². The molecular formula is C30H37ClN2O10. The zero-order chi connectivity index (χ0) is 31.8. The van der Waals surface area contributed by atoms with Crippen LogP contribution in [0.3, 0.4) is 0 Å². The van der Waals surface area contributed by atoms with E-state index in [1.54, 1.807) is 24.3 Å². The highest BCUT2D eigenvalue weighted by atomic mass is 35.5. The summed E-state index contributed by atoms with van der Waals surface area (Å²) in [5, 5.41) is 3.15. The molecule has 12 nitrogen and oxygen atoms in total. The largest absolute Gasteiger partial charge is 0.493 e. The van der Waals surface area contributed by atoms with Crippen molar-refractivity contribution in [2.75, 3.05) is 41.5 Å². The number of carbonyl (C=O) groups excluding carboxylic acids is 4. The van der Waals surface area contributed by atoms with Gasteiger partial charge in [-0.3, -0.25) is 19.2 Å². The van der Waals surface area contributed by atoms with Crippen LogP contribution in [0.4, 0.5) is 0 Å². The SMILES string of the molecule is COc1cc(Cl)c(CCNC(=O)C(OC(C)=O)C(OC(C)=O)[C@@H]2c3cc(OC)c(OC)cc3CCN2C(C)=O)cc1OC. The van der Waals surface area contributed by atoms with Crippen molar-refractivity contribution in [1.82, 2.24) is 10.2 Å². The van der Waals surface area contributed by atoms with Gasteiger partial charge in [0.05, 0.1) is 34.5 Å². The first kappa shape index (κ1) is 33.3. The van der Waals surface area contributed by atoms with Crippen LogP contribution >= 0.6 is 11.6 Å². The van der Waals surface area contributed by atoms with E-state index >= 15 is 0 Å². The van der Waals surface area contributed by atoms with Gasteiger partial charge in [0.1, 0.15) is 0 Å². The molecule has 2 unspecified atom stereocenters. The number of esters is 2. The summed E-state index contributed by atoms with van der Waals surface area (Å²) < 4.78 is 32.7. The van der Waals surface area contributed by atoms with Crippen molar-refractivity contribution in [2.24, 2.45) is 0 Å². The van der Waals surface area contributed by atoms with Gasteiger partial charge in [-0.1, -0.05) is 11.6 Å². The van der Waals surface area contributed by atoms with E-state index in [9.17, 15) is 19.2 Å². The van der Waals surface area contributed by atoms with Crippen molar-refractivity contribution in [3.8, 4) is 23.0 Å². The van der Waals surface area contributed by atoms with Crippen molar-refractivity contribution in [3.05, 3.63) is 46.0 Å². The molecule has 1 heterocycles. The molecule has 0 spiro atoms. The van der Waals surface area contributed by atoms with Gasteiger partial charge >= 0.3 is 11.9 Å². The standard InChI is InChI=1S/C30H37ClN2O10/c1-16(34)33-11-9-19-12-23(38-4)25(40-6)14-21(19)27(33)28(42-17(2)35)29(43-18(3)36)30(37)32-10-8-20-13-24(39-5)26(41-7)15-22(20)31/h12-15,27-29H,8-11H2,1-7H3,(H,32,37)/t27-,28?,29?/m0/s1. The number of amides is 2. The Morgan fingerprint density at radius 1 is 0.860 bits per heavy atom. The van der Waals surface area contributed by atoms with Crippen molar-refractivity contribution >= 4 is 35.4 Å². The maximum atomic E-state index is 13.6. The molecule has 1 aliphatic heterocycles. The fourth-order valence-corrected chi connectivity index (χ4v) is 5.37. The lowest BCUT2D eigenvalue weighted by molar-refractivity contribution is -0.178. The van der Waals surface area contributed by atoms with Crippen molar-refractivity contribution in [3.63, 3.8) is 0 Å². The Bertz CT molecular complexity index is 1360. The third-order valence-corrected chi connectivity index (χ3v) is 7.39. The predicted octanol–water partition coefficient (Wildman–Crippen LogP) is 3.04. The van der Waals surface area contributed by atoms with Crippen molar-refractivity contribution in [2.45, 2.75) is 51.9 Å². The number of halogens is 1. The zero-order valence-corrected chi connectivity index (χ0v) is 26.0. The van der Waals surface area contributed by atoms with E-state index in [0.717, 1.165) is 12.5 Å². The molecule has 2 aromatic rings. The van der Waals surface area contributed by atoms with Gasteiger partial charge in [0.2, 0.25) is 12.0 Å². The quantitative estimate of drug-likeness (QED) is 0.352. The lowest BCUT2D eigenvalue weighted by Crippen LogP contribution is -2.55. The highest BCUT2D eigenvalue weighted by Crippen LogP contribution is 2.41. The maximum Gasteiger partial charge on any atom is 0.303 e. The normalized spacial score (nSPS) is 15.3. The number of ether oxygens (including phenoxy) is 6. The Labute approximate surface area is 255 Å². The van der Waals surface area contributed by atoms with Gasteiger partial charge in [0.15, 0.2) is 29.1 Å². The first-order valence-electron chi connectivity index (χ1n) is 13.5. The third-order valence-electron chi connectivity index (χ3n) is 7.04. The first-order chi connectivity index (χ1) is 20.4. The molecule has 0 fully saturated rings. The molecule has 3 atom stereocenters. The summed E-state index contributed by atoms with van der Waals surface area (Å²) >= 11 is 6.40. The van der Waals surface area contributed by atoms with Crippen LogP contribution in [0, 0.1) is 0 Å². The number of benzene rings is 2. The fraction of sp³-hybridized carbons (Fsp3) is 0.467. The fourth-order valence-electron chi connectivity index (χ4n) is 5.13. The van der Waals surface area contributed by atoms with Gasteiger partial charge in [0.25, 0.3) is 5.91 Å². The van der Waals surface area contributed by atoms with Crippen molar-refractivity contribution < 1.29 is 47.6 Å². The third kappa shape index (κ3) is 7.81. The molecule has 1 aliphatic rings. The first-order valence-corrected chi connectivity index (χ1v) is 13.9. The molecule has 2 aromatic carbocycles. The highest BCUT2D eigenvalue weighted by Gasteiger charge is 2.46. The van der Waals surface area contributed by atoms with Gasteiger partial charge in [-0.15, -0.1) is 0 Å². The molecule has 2 amide bonds. The molecule has 0 aromatic heterocycles. The van der Waals surface area contributed by atoms with Crippen molar-refractivity contribution in [1.29, 1.82) is 0 Å². The maximum absolute atomic E-state index is 13.6. The summed E-state index contributed by atoms with van der Waals surface area (Å²) in [5.41, 5.74) is 2.03. The molecule has 0 bridgehead atoms. The average molecular weight is 621 g/mol. The molecule has 0 saturated heterocycles. The number of hydrogen-bond acceptors (Lipinski definition) is 10. The minimum Gasteiger partial charge on any atom is -0.493 e. The van der Waals surface area contributed by atoms with E-state index in [1.807, 2.05) is 0 Å². The summed E-state index contributed by atoms with van der Waals surface area (Å²) in [7, 11) is 5.96. The molecular weight excluding hydrogens is 584 g/mol. The number of nitrogens with one attached hydrogen (secondary N) is 1. The Hall–Kier alpha value is -4.19. The molecule has 43 heavy (non-hydrogen) atoms. The lowest BCUT2D eigenvalue weighted by atomic mass is 9.86. The second kappa shape index (κ2) is 14.8. The smallest absolute Gasteiger partial charge is 0.303 e. The molecule has 0 saturated carbocycles. The Balaban J connectivity index is 2.00. The highest BCUT2D eigenvalue weighted by molar-refractivity contribution is 6.31. The van der Waals surface area contributed by atoms with E-state index in [1.165, 1.54) is 47.2 Å². The summed E-state index contributed by atoms with van der Waals surface area (Å²) in [6.45, 7) is 4.02. The van der Waals surface area contributed by atoms with Crippen LogP contribution in [0.15, 0.2) is 24.3 Å². The topological polar surface area (TPSA) is 139 Å². The van der Waals surface area contributed by atoms with Crippen LogP contribution in [0.25, 0.3) is 0 Å². The average Bonchev–Trinajstić information content (AvgIpc) is 2.97. The second-order valence-electron chi connectivity index (χ2n) is 9.76. The minimum atomic E-state index is -1.60. The van der Waals surface area contributed by atoms with E-state index in [4.69, 9.17) is 40.0 Å². The summed E-state index contributed by atoms with van der Waals surface area (Å²) in [5.74, 6) is -0.797. The number of hydrogen-bond donors (Lipinski definition) is 1. The second-order valence-corrected chi connectivity index (χ2v) is 10.2. The summed E-state index contributed by atoms with van der Waals surface area (Å²) in [6.07, 6.45) is -2.24. The molecule has 0 radical (unpaired) electrons. The monoisotopic (exact) mass is 620 g/mol. The van der Waals surface area contributed by atoms with Gasteiger partial charge in [-0.05, 0) is 47.7 Å². The Morgan fingerprint density at radius 3 is 1.98 bits per heavy atom. The summed E-state index contributed by atoms with van der Waals surface area (Å²) in [6, 6.07) is 5.77. The van der Waals surface area contributed by atoms with E-state index in [-0.39, 0.29) is 19.0 Å². The number of methoxy groups -OCH3 is 4. The van der Waals surface area contributed by atoms with Crippen LogP contribution in [-0.4, -0.2) is 82.4 Å². The molecule has 1 N–H and O–H groups in total. The Kier molecular flexibility index (Phi) is 11.5. The van der Waals surface area contributed by atoms with Gasteiger partial charge < -0.3 is 38.6 Å². The van der Waals surface area contributed by atoms with Gasteiger partial charge in [-0.25, -0.2) is 0 Å². The molecule has 0 aliphatic carbocycles. The van der Waals surface area contributed by atoms with Crippen LogP contribution < -0.4 is 24.3 Å². The van der Waals surface area contributed by atoms with Crippen LogP contribution in [0.2, 0.25) is 5.02 Å². The van der Waals surface area contributed by atoms with Gasteiger partial charge in [0, 0.05) is 44.9 Å². The predicted molar refractivity (Wildman–Crippen MR) is 156 cm³/mol. The minimum absolute atomic E-state index is 0.0846. The lowest BCUT2D eigenvalue weighted by Gasteiger charge is -2.42. The van der Waals surface area contributed by atoms with E-state index in [0.29, 0.717) is 52.0 Å². The molecule has 3 rings (SSSR count). The van der Waals surface area contributed by atoms with Gasteiger partial charge in [-0.2, -0.15) is 0 Å². The number of carbonyl (C=O) groups is 4. The number of nitrogens with zero attached hydrogens (tertiary/aromatic N) is 1. The number of fused-ring (bicyclic) bond motifs is 1. The zero-order valence-electron chi connectivity index (χ0n) is 25.3.